The fourth-order valence-electron chi connectivity index (χ4n) is 3.16. The number of hydrogen-bond acceptors (Lipinski definition) is 5. The van der Waals surface area contributed by atoms with Gasteiger partial charge < -0.3 is 20.5 Å². The highest BCUT2D eigenvalue weighted by Gasteiger charge is 2.28. The Balaban J connectivity index is 1.99. The number of nitrogens with zero attached hydrogens (tertiary/aromatic N) is 1. The normalized spacial score (nSPS) is 20.8. The van der Waals surface area contributed by atoms with Crippen LogP contribution in [-0.4, -0.2) is 50.2 Å². The van der Waals surface area contributed by atoms with E-state index in [9.17, 15) is 4.79 Å². The van der Waals surface area contributed by atoms with Gasteiger partial charge in [-0.3, -0.25) is 9.69 Å². The maximum absolute atomic E-state index is 11.5. The Kier molecular flexibility index (Phi) is 6.87. The third-order valence-electron chi connectivity index (χ3n) is 4.47. The number of likely N-dealkylation sites (tertiary alicyclic amines) is 1. The first-order valence-electron chi connectivity index (χ1n) is 8.57. The van der Waals surface area contributed by atoms with Crippen LogP contribution in [0.5, 0.6) is 11.5 Å². The van der Waals surface area contributed by atoms with Crippen molar-refractivity contribution in [2.45, 2.75) is 32.9 Å². The van der Waals surface area contributed by atoms with Crippen molar-refractivity contribution in [2.24, 2.45) is 11.7 Å². The van der Waals surface area contributed by atoms with Gasteiger partial charge in [-0.1, -0.05) is 6.07 Å². The number of amides is 1. The molecule has 0 bridgehead atoms. The summed E-state index contributed by atoms with van der Waals surface area (Å²) in [6.45, 7) is 7.36. The molecule has 24 heavy (non-hydrogen) atoms. The van der Waals surface area contributed by atoms with E-state index >= 15 is 0 Å². The van der Waals surface area contributed by atoms with Gasteiger partial charge in [-0.25, -0.2) is 0 Å². The lowest BCUT2D eigenvalue weighted by atomic mass is 10.1. The van der Waals surface area contributed by atoms with Crippen molar-refractivity contribution in [3.05, 3.63) is 23.8 Å². The molecule has 0 aliphatic carbocycles. The molecule has 134 valence electrons. The monoisotopic (exact) mass is 335 g/mol. The van der Waals surface area contributed by atoms with Crippen LogP contribution in [0.4, 0.5) is 0 Å². The Morgan fingerprint density at radius 1 is 1.42 bits per heavy atom. The summed E-state index contributed by atoms with van der Waals surface area (Å²) in [5.74, 6) is 1.68. The molecule has 1 aliphatic rings. The number of methoxy groups -OCH3 is 1. The number of nitrogens with two attached hydrogens (primary N) is 1. The Hall–Kier alpha value is -1.79. The summed E-state index contributed by atoms with van der Waals surface area (Å²) >= 11 is 0. The molecule has 0 saturated carbocycles. The molecule has 0 aromatic heterocycles. The fraction of sp³-hybridized carbons (Fsp3) is 0.611. The van der Waals surface area contributed by atoms with Crippen molar-refractivity contribution in [2.75, 3.05) is 33.4 Å². The molecule has 2 rings (SSSR count). The third kappa shape index (κ3) is 4.85. The molecule has 1 saturated heterocycles. The Bertz CT molecular complexity index is 550. The molecule has 3 N–H and O–H groups in total. The minimum absolute atomic E-state index is 0.00904. The van der Waals surface area contributed by atoms with Gasteiger partial charge in [0.15, 0.2) is 18.1 Å². The van der Waals surface area contributed by atoms with Gasteiger partial charge in [-0.2, -0.15) is 0 Å². The lowest BCUT2D eigenvalue weighted by molar-refractivity contribution is -0.123. The van der Waals surface area contributed by atoms with Crippen molar-refractivity contribution in [3.63, 3.8) is 0 Å². The highest BCUT2D eigenvalue weighted by Crippen LogP contribution is 2.30. The molecule has 1 aromatic carbocycles. The van der Waals surface area contributed by atoms with Crippen LogP contribution < -0.4 is 20.5 Å². The molecule has 1 aromatic rings. The second-order valence-corrected chi connectivity index (χ2v) is 6.34. The molecule has 2 atom stereocenters. The minimum atomic E-state index is -0.137. The molecule has 1 aliphatic heterocycles. The van der Waals surface area contributed by atoms with E-state index in [1.807, 2.05) is 25.1 Å². The van der Waals surface area contributed by atoms with Crippen LogP contribution in [0.25, 0.3) is 0 Å². The smallest absolute Gasteiger partial charge is 0.257 e. The fourth-order valence-corrected chi connectivity index (χ4v) is 3.16. The van der Waals surface area contributed by atoms with Gasteiger partial charge in [0.1, 0.15) is 0 Å². The number of nitrogens with one attached hydrogen (secondary N) is 1. The van der Waals surface area contributed by atoms with Crippen LogP contribution in [0, 0.1) is 5.92 Å². The van der Waals surface area contributed by atoms with Gasteiger partial charge in [0.25, 0.3) is 5.91 Å². The van der Waals surface area contributed by atoms with E-state index in [-0.39, 0.29) is 12.5 Å². The molecule has 1 fully saturated rings. The first kappa shape index (κ1) is 18.5. The first-order valence-corrected chi connectivity index (χ1v) is 8.57. The van der Waals surface area contributed by atoms with E-state index in [1.54, 1.807) is 7.11 Å². The maximum Gasteiger partial charge on any atom is 0.257 e. The minimum Gasteiger partial charge on any atom is -0.493 e. The lowest BCUT2D eigenvalue weighted by Crippen LogP contribution is -2.28. The van der Waals surface area contributed by atoms with E-state index in [1.165, 1.54) is 5.56 Å². The molecule has 6 heteroatoms. The summed E-state index contributed by atoms with van der Waals surface area (Å²) in [4.78, 5) is 14.0. The molecular formula is C18H29N3O3. The SMILES string of the molecule is CCNC(=O)COc1ccc(CN2CC(CN)CC2C)cc1OC. The summed E-state index contributed by atoms with van der Waals surface area (Å²) in [5.41, 5.74) is 6.97. The van der Waals surface area contributed by atoms with E-state index in [0.29, 0.717) is 30.0 Å². The number of hydrogen-bond donors (Lipinski definition) is 2. The predicted molar refractivity (Wildman–Crippen MR) is 94.2 cm³/mol. The number of ether oxygens (including phenoxy) is 2. The summed E-state index contributed by atoms with van der Waals surface area (Å²) in [6, 6.07) is 6.42. The van der Waals surface area contributed by atoms with Gasteiger partial charge in [0.05, 0.1) is 7.11 Å². The number of benzene rings is 1. The van der Waals surface area contributed by atoms with Gasteiger partial charge in [0.2, 0.25) is 0 Å². The zero-order valence-electron chi connectivity index (χ0n) is 14.9. The van der Waals surface area contributed by atoms with Crippen molar-refractivity contribution in [1.29, 1.82) is 0 Å². The van der Waals surface area contributed by atoms with E-state index in [4.69, 9.17) is 15.2 Å². The largest absolute Gasteiger partial charge is 0.493 e. The number of carbonyl (C=O) groups excluding carboxylic acids is 1. The molecule has 0 spiro atoms. The van der Waals surface area contributed by atoms with Crippen LogP contribution >= 0.6 is 0 Å². The molecule has 6 nitrogen and oxygen atoms in total. The average molecular weight is 335 g/mol. The van der Waals surface area contributed by atoms with Gasteiger partial charge >= 0.3 is 0 Å². The summed E-state index contributed by atoms with van der Waals surface area (Å²) in [7, 11) is 1.61. The number of rotatable bonds is 8. The van der Waals surface area contributed by atoms with E-state index in [2.05, 4.69) is 17.1 Å². The quantitative estimate of drug-likeness (QED) is 0.750. The Morgan fingerprint density at radius 3 is 2.83 bits per heavy atom. The Labute approximate surface area is 144 Å². The molecule has 2 unspecified atom stereocenters. The van der Waals surface area contributed by atoms with Crippen LogP contribution in [-0.2, 0) is 11.3 Å². The van der Waals surface area contributed by atoms with Crippen LogP contribution in [0.1, 0.15) is 25.8 Å². The summed E-state index contributed by atoms with van der Waals surface area (Å²) < 4.78 is 11.0. The van der Waals surface area contributed by atoms with E-state index < -0.39 is 0 Å². The highest BCUT2D eigenvalue weighted by atomic mass is 16.5. The van der Waals surface area contributed by atoms with Gasteiger partial charge in [-0.15, -0.1) is 0 Å². The van der Waals surface area contributed by atoms with Crippen LogP contribution in [0.2, 0.25) is 0 Å². The number of likely N-dealkylation sites (N-methyl/N-ethyl adjacent to an activating group) is 1. The van der Waals surface area contributed by atoms with Crippen LogP contribution in [0.15, 0.2) is 18.2 Å². The standard InChI is InChI=1S/C18H29N3O3/c1-4-20-18(22)12-24-16-6-5-14(8-17(16)23-3)10-21-11-15(9-19)7-13(21)2/h5-6,8,13,15H,4,7,9-12,19H2,1-3H3,(H,20,22). The molecule has 1 amide bonds. The first-order chi connectivity index (χ1) is 11.6. The topological polar surface area (TPSA) is 76.8 Å². The highest BCUT2D eigenvalue weighted by molar-refractivity contribution is 5.77. The van der Waals surface area contributed by atoms with Gasteiger partial charge in [0, 0.05) is 25.7 Å². The van der Waals surface area contributed by atoms with Crippen molar-refractivity contribution < 1.29 is 14.3 Å². The van der Waals surface area contributed by atoms with Crippen molar-refractivity contribution in [3.8, 4) is 11.5 Å². The average Bonchev–Trinajstić information content (AvgIpc) is 2.93. The molecule has 1 heterocycles. The summed E-state index contributed by atoms with van der Waals surface area (Å²) in [6.07, 6.45) is 1.15. The van der Waals surface area contributed by atoms with Crippen LogP contribution in [0.3, 0.4) is 0 Å². The molecule has 0 radical (unpaired) electrons. The van der Waals surface area contributed by atoms with E-state index in [0.717, 1.165) is 26.1 Å². The second-order valence-electron chi connectivity index (χ2n) is 6.34. The zero-order chi connectivity index (χ0) is 17.5. The third-order valence-corrected chi connectivity index (χ3v) is 4.47. The maximum atomic E-state index is 11.5. The van der Waals surface area contributed by atoms with Crippen molar-refractivity contribution in [1.82, 2.24) is 10.2 Å². The zero-order valence-corrected chi connectivity index (χ0v) is 14.9. The van der Waals surface area contributed by atoms with Crippen molar-refractivity contribution >= 4 is 5.91 Å². The Morgan fingerprint density at radius 2 is 2.21 bits per heavy atom. The summed E-state index contributed by atoms with van der Waals surface area (Å²) in [5, 5.41) is 2.71. The lowest BCUT2D eigenvalue weighted by Gasteiger charge is -2.21. The molecular weight excluding hydrogens is 306 g/mol. The number of carbonyl (C=O) groups is 1. The van der Waals surface area contributed by atoms with Gasteiger partial charge in [-0.05, 0) is 50.4 Å². The second kappa shape index (κ2) is 8.89. The predicted octanol–water partition coefficient (Wildman–Crippen LogP) is 1.38.